The van der Waals surface area contributed by atoms with Crippen LogP contribution in [-0.4, -0.2) is 52.0 Å². The number of hydrogen-bond donors (Lipinski definition) is 1. The molecule has 2 aliphatic heterocycles. The van der Waals surface area contributed by atoms with Gasteiger partial charge in [-0.1, -0.05) is 13.0 Å². The zero-order valence-electron chi connectivity index (χ0n) is 17.4. The molecule has 6 nitrogen and oxygen atoms in total. The number of piperidine rings is 1. The monoisotopic (exact) mass is 404 g/mol. The number of nitriles is 1. The lowest BCUT2D eigenvalue weighted by molar-refractivity contribution is 0.0169. The van der Waals surface area contributed by atoms with Crippen LogP contribution in [0.15, 0.2) is 36.5 Å². The lowest BCUT2D eigenvalue weighted by Crippen LogP contribution is -2.53. The van der Waals surface area contributed by atoms with E-state index in [1.54, 1.807) is 18.3 Å². The summed E-state index contributed by atoms with van der Waals surface area (Å²) in [4.78, 5) is 21.6. The largest absolute Gasteiger partial charge is 0.507 e. The van der Waals surface area contributed by atoms with E-state index in [-0.39, 0.29) is 11.7 Å². The van der Waals surface area contributed by atoms with E-state index in [4.69, 9.17) is 5.26 Å². The molecule has 1 atom stereocenters. The van der Waals surface area contributed by atoms with Crippen LogP contribution in [0.1, 0.15) is 46.9 Å². The number of hydrogen-bond acceptors (Lipinski definition) is 5. The van der Waals surface area contributed by atoms with E-state index >= 15 is 0 Å². The van der Waals surface area contributed by atoms with Crippen molar-refractivity contribution in [3.05, 3.63) is 58.9 Å². The summed E-state index contributed by atoms with van der Waals surface area (Å²) < 4.78 is 0. The molecule has 0 aliphatic carbocycles. The molecule has 1 aromatic carbocycles. The summed E-state index contributed by atoms with van der Waals surface area (Å²) in [6.07, 6.45) is 4.81. The Kier molecular flexibility index (Phi) is 6.01. The molecule has 4 rings (SSSR count). The van der Waals surface area contributed by atoms with E-state index in [0.29, 0.717) is 23.0 Å². The summed E-state index contributed by atoms with van der Waals surface area (Å²) in [5.74, 6) is 1.28. The minimum absolute atomic E-state index is 0.0363. The number of phenolic OH excluding ortho intramolecular Hbond substituents is 1. The van der Waals surface area contributed by atoms with Gasteiger partial charge in [0, 0.05) is 44.6 Å². The van der Waals surface area contributed by atoms with E-state index in [9.17, 15) is 9.90 Å². The Morgan fingerprint density at radius 3 is 2.77 bits per heavy atom. The van der Waals surface area contributed by atoms with Crippen molar-refractivity contribution >= 4 is 5.91 Å². The Bertz CT molecular complexity index is 945. The summed E-state index contributed by atoms with van der Waals surface area (Å²) in [6.45, 7) is 6.53. The number of phenols is 1. The van der Waals surface area contributed by atoms with E-state index in [0.717, 1.165) is 56.8 Å². The average molecular weight is 405 g/mol. The molecule has 2 aromatic rings. The molecule has 1 N–H and O–H groups in total. The maximum absolute atomic E-state index is 12.9. The second-order valence-corrected chi connectivity index (χ2v) is 8.46. The summed E-state index contributed by atoms with van der Waals surface area (Å²) >= 11 is 0. The van der Waals surface area contributed by atoms with Crippen LogP contribution in [0.4, 0.5) is 0 Å². The topological polar surface area (TPSA) is 80.5 Å². The predicted octanol–water partition coefficient (Wildman–Crippen LogP) is 3.21. The van der Waals surface area contributed by atoms with Crippen LogP contribution in [0.25, 0.3) is 0 Å². The van der Waals surface area contributed by atoms with Gasteiger partial charge in [-0.25, -0.2) is 0 Å². The third kappa shape index (κ3) is 4.31. The highest BCUT2D eigenvalue weighted by Crippen LogP contribution is 2.32. The van der Waals surface area contributed by atoms with Gasteiger partial charge in [-0.15, -0.1) is 0 Å². The Morgan fingerprint density at radius 1 is 1.23 bits per heavy atom. The molecule has 156 valence electrons. The molecule has 1 unspecified atom stereocenters. The first-order valence-electron chi connectivity index (χ1n) is 10.8. The number of pyridine rings is 1. The number of likely N-dealkylation sites (tertiary alicyclic amines) is 2. The van der Waals surface area contributed by atoms with Gasteiger partial charge in [0.2, 0.25) is 0 Å². The van der Waals surface area contributed by atoms with Crippen LogP contribution >= 0.6 is 0 Å². The van der Waals surface area contributed by atoms with E-state index in [1.165, 1.54) is 6.42 Å². The van der Waals surface area contributed by atoms with E-state index in [1.807, 2.05) is 29.2 Å². The summed E-state index contributed by atoms with van der Waals surface area (Å²) in [6, 6.07) is 11.1. The maximum atomic E-state index is 12.9. The molecule has 2 aliphatic rings. The van der Waals surface area contributed by atoms with Crippen LogP contribution in [0.5, 0.6) is 5.75 Å². The number of rotatable bonds is 5. The number of carbonyl (C=O) groups excluding carboxylic acids is 1. The lowest BCUT2D eigenvalue weighted by Gasteiger charge is -2.46. The van der Waals surface area contributed by atoms with Gasteiger partial charge in [-0.2, -0.15) is 5.26 Å². The van der Waals surface area contributed by atoms with Crippen molar-refractivity contribution in [2.24, 2.45) is 11.8 Å². The highest BCUT2D eigenvalue weighted by molar-refractivity contribution is 5.94. The highest BCUT2D eigenvalue weighted by atomic mass is 16.3. The zero-order chi connectivity index (χ0) is 21.1. The highest BCUT2D eigenvalue weighted by Gasteiger charge is 2.36. The maximum Gasteiger partial charge on any atom is 0.255 e. The number of benzene rings is 1. The normalized spacial score (nSPS) is 19.9. The average Bonchev–Trinajstić information content (AvgIpc) is 2.76. The molecule has 30 heavy (non-hydrogen) atoms. The molecule has 1 aromatic heterocycles. The molecular formula is C24H28N4O2. The third-order valence-electron chi connectivity index (χ3n) is 6.42. The lowest BCUT2D eigenvalue weighted by atomic mass is 9.80. The van der Waals surface area contributed by atoms with Gasteiger partial charge in [0.1, 0.15) is 11.8 Å². The molecule has 0 spiro atoms. The van der Waals surface area contributed by atoms with Crippen molar-refractivity contribution in [2.45, 2.75) is 32.7 Å². The third-order valence-corrected chi connectivity index (χ3v) is 6.42. The van der Waals surface area contributed by atoms with Gasteiger partial charge < -0.3 is 10.0 Å². The minimum Gasteiger partial charge on any atom is -0.507 e. The Balaban J connectivity index is 1.30. The van der Waals surface area contributed by atoms with E-state index in [2.05, 4.69) is 16.8 Å². The number of amides is 1. The molecule has 0 radical (unpaired) electrons. The van der Waals surface area contributed by atoms with Crippen LogP contribution in [0.3, 0.4) is 0 Å². The van der Waals surface area contributed by atoms with Crippen LogP contribution in [-0.2, 0) is 13.0 Å². The van der Waals surface area contributed by atoms with Crippen molar-refractivity contribution in [1.29, 1.82) is 5.26 Å². The number of aromatic hydroxyl groups is 1. The second kappa shape index (κ2) is 8.85. The molecule has 1 amide bonds. The van der Waals surface area contributed by atoms with Gasteiger partial charge >= 0.3 is 0 Å². The Labute approximate surface area is 177 Å². The predicted molar refractivity (Wildman–Crippen MR) is 114 cm³/mol. The minimum atomic E-state index is 0.0363. The molecule has 6 heteroatoms. The van der Waals surface area contributed by atoms with Gasteiger partial charge in [-0.05, 0) is 60.9 Å². The zero-order valence-corrected chi connectivity index (χ0v) is 17.4. The van der Waals surface area contributed by atoms with Gasteiger partial charge in [0.05, 0.1) is 11.1 Å². The van der Waals surface area contributed by atoms with Crippen molar-refractivity contribution in [1.82, 2.24) is 14.8 Å². The van der Waals surface area contributed by atoms with Crippen molar-refractivity contribution < 1.29 is 9.90 Å². The fourth-order valence-corrected chi connectivity index (χ4v) is 4.59. The van der Waals surface area contributed by atoms with Crippen molar-refractivity contribution in [3.63, 3.8) is 0 Å². The SMILES string of the molecule is CCc1ccc(C(=O)N2CCCC(C3CN(Cc4ccc(O)c(C#N)c4)C3)C2)cn1. The van der Waals surface area contributed by atoms with Gasteiger partial charge in [0.15, 0.2) is 0 Å². The molecule has 2 fully saturated rings. The fourth-order valence-electron chi connectivity index (χ4n) is 4.59. The molecule has 2 saturated heterocycles. The van der Waals surface area contributed by atoms with Gasteiger partial charge in [0.25, 0.3) is 5.91 Å². The Morgan fingerprint density at radius 2 is 2.07 bits per heavy atom. The first kappa shape index (κ1) is 20.4. The number of nitrogens with zero attached hydrogens (tertiary/aromatic N) is 4. The molecular weight excluding hydrogens is 376 g/mol. The summed E-state index contributed by atoms with van der Waals surface area (Å²) in [7, 11) is 0. The first-order valence-corrected chi connectivity index (χ1v) is 10.8. The number of aromatic nitrogens is 1. The molecule has 0 bridgehead atoms. The molecule has 3 heterocycles. The van der Waals surface area contributed by atoms with Crippen LogP contribution in [0.2, 0.25) is 0 Å². The second-order valence-electron chi connectivity index (χ2n) is 8.46. The number of aryl methyl sites for hydroxylation is 1. The summed E-state index contributed by atoms with van der Waals surface area (Å²) in [5.41, 5.74) is 3.07. The van der Waals surface area contributed by atoms with Crippen LogP contribution < -0.4 is 0 Å². The van der Waals surface area contributed by atoms with Crippen LogP contribution in [0, 0.1) is 23.2 Å². The Hall–Kier alpha value is -2.91. The summed E-state index contributed by atoms with van der Waals surface area (Å²) in [5, 5.41) is 18.7. The van der Waals surface area contributed by atoms with Crippen molar-refractivity contribution in [3.8, 4) is 11.8 Å². The van der Waals surface area contributed by atoms with Crippen molar-refractivity contribution in [2.75, 3.05) is 26.2 Å². The fraction of sp³-hybridized carbons (Fsp3) is 0.458. The standard InChI is InChI=1S/C24H28N4O2/c1-2-22-7-6-18(12-26-22)24(30)28-9-3-4-19(16-28)21-14-27(15-21)13-17-5-8-23(29)20(10-17)11-25/h5-8,10,12,19,21,29H,2-4,9,13-16H2,1H3. The number of carbonyl (C=O) groups is 1. The quantitative estimate of drug-likeness (QED) is 0.828. The van der Waals surface area contributed by atoms with Gasteiger partial charge in [-0.3, -0.25) is 14.7 Å². The smallest absolute Gasteiger partial charge is 0.255 e. The first-order chi connectivity index (χ1) is 14.6. The molecule has 0 saturated carbocycles. The van der Waals surface area contributed by atoms with E-state index < -0.39 is 0 Å².